The van der Waals surface area contributed by atoms with E-state index in [-0.39, 0.29) is 12.6 Å². The van der Waals surface area contributed by atoms with Crippen LogP contribution in [0.4, 0.5) is 10.5 Å². The van der Waals surface area contributed by atoms with E-state index >= 15 is 0 Å². The Bertz CT molecular complexity index is 407. The highest BCUT2D eigenvalue weighted by Gasteiger charge is 2.30. The summed E-state index contributed by atoms with van der Waals surface area (Å²) in [6.45, 7) is 0.275. The minimum Gasteiger partial charge on any atom is -0.497 e. The van der Waals surface area contributed by atoms with Gasteiger partial charge in [-0.1, -0.05) is 6.07 Å². The number of benzene rings is 1. The van der Waals surface area contributed by atoms with Gasteiger partial charge in [0, 0.05) is 12.5 Å². The van der Waals surface area contributed by atoms with Crippen molar-refractivity contribution < 1.29 is 19.4 Å². The van der Waals surface area contributed by atoms with Crippen LogP contribution in [0.2, 0.25) is 0 Å². The number of nitrogens with zero attached hydrogens (tertiary/aromatic N) is 1. The Morgan fingerprint density at radius 3 is 3.12 bits per heavy atom. The SMILES string of the molecule is COc1cccc(N2C(=O)OCCC2CO)c1. The van der Waals surface area contributed by atoms with E-state index in [9.17, 15) is 9.90 Å². The summed E-state index contributed by atoms with van der Waals surface area (Å²) in [5, 5.41) is 9.29. The zero-order chi connectivity index (χ0) is 12.3. The number of carbonyl (C=O) groups excluding carboxylic acids is 1. The lowest BCUT2D eigenvalue weighted by atomic mass is 10.1. The van der Waals surface area contributed by atoms with Crippen LogP contribution in [0.25, 0.3) is 0 Å². The van der Waals surface area contributed by atoms with Gasteiger partial charge in [0.05, 0.1) is 32.1 Å². The largest absolute Gasteiger partial charge is 0.497 e. The summed E-state index contributed by atoms with van der Waals surface area (Å²) in [4.78, 5) is 13.2. The predicted molar refractivity (Wildman–Crippen MR) is 62.3 cm³/mol. The summed E-state index contributed by atoms with van der Waals surface area (Å²) in [5.74, 6) is 0.664. The van der Waals surface area contributed by atoms with E-state index in [0.717, 1.165) is 0 Å². The molecule has 1 aliphatic rings. The summed E-state index contributed by atoms with van der Waals surface area (Å²) in [5.41, 5.74) is 0.674. The number of anilines is 1. The maximum absolute atomic E-state index is 11.7. The highest BCUT2D eigenvalue weighted by Crippen LogP contribution is 2.26. The van der Waals surface area contributed by atoms with Crippen LogP contribution in [0.1, 0.15) is 6.42 Å². The van der Waals surface area contributed by atoms with Crippen molar-refractivity contribution in [3.63, 3.8) is 0 Å². The van der Waals surface area contributed by atoms with Crippen molar-refractivity contribution in [1.82, 2.24) is 0 Å². The average molecular weight is 237 g/mol. The van der Waals surface area contributed by atoms with Crippen LogP contribution in [0.3, 0.4) is 0 Å². The Labute approximate surface area is 99.6 Å². The molecule has 0 saturated carbocycles. The molecule has 1 aromatic rings. The molecule has 0 bridgehead atoms. The molecule has 0 aliphatic carbocycles. The molecule has 1 heterocycles. The molecule has 1 aromatic carbocycles. The molecule has 5 nitrogen and oxygen atoms in total. The van der Waals surface area contributed by atoms with Crippen molar-refractivity contribution in [3.05, 3.63) is 24.3 Å². The van der Waals surface area contributed by atoms with Crippen LogP contribution in [-0.4, -0.2) is 37.6 Å². The first-order valence-corrected chi connectivity index (χ1v) is 5.47. The Hall–Kier alpha value is -1.75. The van der Waals surface area contributed by atoms with Crippen molar-refractivity contribution in [3.8, 4) is 5.75 Å². The molecule has 1 N–H and O–H groups in total. The van der Waals surface area contributed by atoms with Gasteiger partial charge in [-0.15, -0.1) is 0 Å². The first-order valence-electron chi connectivity index (χ1n) is 5.47. The van der Waals surface area contributed by atoms with Gasteiger partial charge in [-0.05, 0) is 12.1 Å². The molecule has 17 heavy (non-hydrogen) atoms. The lowest BCUT2D eigenvalue weighted by Crippen LogP contribution is -2.47. The van der Waals surface area contributed by atoms with Crippen LogP contribution >= 0.6 is 0 Å². The molecule has 0 radical (unpaired) electrons. The topological polar surface area (TPSA) is 59.0 Å². The maximum atomic E-state index is 11.7. The van der Waals surface area contributed by atoms with Gasteiger partial charge in [-0.25, -0.2) is 4.79 Å². The third-order valence-electron chi connectivity index (χ3n) is 2.78. The maximum Gasteiger partial charge on any atom is 0.414 e. The normalized spacial score (nSPS) is 20.0. The number of aliphatic hydroxyl groups excluding tert-OH is 1. The van der Waals surface area contributed by atoms with Crippen LogP contribution < -0.4 is 9.64 Å². The van der Waals surface area contributed by atoms with Crippen molar-refractivity contribution in [2.45, 2.75) is 12.5 Å². The second-order valence-corrected chi connectivity index (χ2v) is 3.81. The Balaban J connectivity index is 2.30. The third kappa shape index (κ3) is 2.34. The van der Waals surface area contributed by atoms with Crippen molar-refractivity contribution in [2.75, 3.05) is 25.2 Å². The van der Waals surface area contributed by atoms with Crippen LogP contribution in [0.5, 0.6) is 5.75 Å². The van der Waals surface area contributed by atoms with Gasteiger partial charge in [0.25, 0.3) is 0 Å². The summed E-state index contributed by atoms with van der Waals surface area (Å²) in [7, 11) is 1.57. The minimum atomic E-state index is -0.427. The fraction of sp³-hybridized carbons (Fsp3) is 0.417. The monoisotopic (exact) mass is 237 g/mol. The first-order chi connectivity index (χ1) is 8.26. The zero-order valence-electron chi connectivity index (χ0n) is 9.63. The second-order valence-electron chi connectivity index (χ2n) is 3.81. The number of rotatable bonds is 3. The fourth-order valence-electron chi connectivity index (χ4n) is 1.88. The van der Waals surface area contributed by atoms with E-state index in [1.165, 1.54) is 4.90 Å². The molecule has 1 amide bonds. The number of hydrogen-bond acceptors (Lipinski definition) is 4. The van der Waals surface area contributed by atoms with Crippen molar-refractivity contribution in [1.29, 1.82) is 0 Å². The van der Waals surface area contributed by atoms with Gasteiger partial charge in [-0.3, -0.25) is 4.90 Å². The molecule has 1 fully saturated rings. The van der Waals surface area contributed by atoms with Gasteiger partial charge < -0.3 is 14.6 Å². The van der Waals surface area contributed by atoms with Gasteiger partial charge >= 0.3 is 6.09 Å². The fourth-order valence-corrected chi connectivity index (χ4v) is 1.88. The first kappa shape index (κ1) is 11.7. The molecule has 1 aliphatic heterocycles. The number of cyclic esters (lactones) is 1. The minimum absolute atomic E-state index is 0.0771. The van der Waals surface area contributed by atoms with E-state index in [4.69, 9.17) is 9.47 Å². The van der Waals surface area contributed by atoms with Crippen LogP contribution in [-0.2, 0) is 4.74 Å². The highest BCUT2D eigenvalue weighted by atomic mass is 16.6. The summed E-state index contributed by atoms with van der Waals surface area (Å²) in [6, 6.07) is 6.90. The quantitative estimate of drug-likeness (QED) is 0.863. The molecule has 5 heteroatoms. The smallest absolute Gasteiger partial charge is 0.414 e. The van der Waals surface area contributed by atoms with Crippen molar-refractivity contribution in [2.24, 2.45) is 0 Å². The predicted octanol–water partition coefficient (Wildman–Crippen LogP) is 1.40. The molecule has 1 unspecified atom stereocenters. The molecule has 2 rings (SSSR count). The van der Waals surface area contributed by atoms with E-state index in [0.29, 0.717) is 24.5 Å². The third-order valence-corrected chi connectivity index (χ3v) is 2.78. The van der Waals surface area contributed by atoms with Crippen LogP contribution in [0.15, 0.2) is 24.3 Å². The molecule has 0 aromatic heterocycles. The highest BCUT2D eigenvalue weighted by molar-refractivity contribution is 5.89. The number of methoxy groups -OCH3 is 1. The van der Waals surface area contributed by atoms with E-state index < -0.39 is 6.09 Å². The second kappa shape index (κ2) is 5.05. The number of aliphatic hydroxyl groups is 1. The van der Waals surface area contributed by atoms with Gasteiger partial charge in [0.2, 0.25) is 0 Å². The van der Waals surface area contributed by atoms with Gasteiger partial charge in [-0.2, -0.15) is 0 Å². The number of ether oxygens (including phenoxy) is 2. The summed E-state index contributed by atoms with van der Waals surface area (Å²) >= 11 is 0. The Morgan fingerprint density at radius 1 is 1.59 bits per heavy atom. The number of amides is 1. The lowest BCUT2D eigenvalue weighted by Gasteiger charge is -2.33. The molecule has 1 saturated heterocycles. The molecule has 0 spiro atoms. The summed E-state index contributed by atoms with van der Waals surface area (Å²) in [6.07, 6.45) is 0.197. The van der Waals surface area contributed by atoms with E-state index in [2.05, 4.69) is 0 Å². The van der Waals surface area contributed by atoms with Gasteiger partial charge in [0.15, 0.2) is 0 Å². The molecule has 92 valence electrons. The van der Waals surface area contributed by atoms with E-state index in [1.807, 2.05) is 0 Å². The Kier molecular flexibility index (Phi) is 3.49. The molecule has 1 atom stereocenters. The Morgan fingerprint density at radius 2 is 2.41 bits per heavy atom. The number of carbonyl (C=O) groups is 1. The number of hydrogen-bond donors (Lipinski definition) is 1. The molecular formula is C12H15NO4. The lowest BCUT2D eigenvalue weighted by molar-refractivity contribution is 0.116. The van der Waals surface area contributed by atoms with Crippen LogP contribution in [0, 0.1) is 0 Å². The molecular weight excluding hydrogens is 222 g/mol. The summed E-state index contributed by atoms with van der Waals surface area (Å²) < 4.78 is 10.1. The van der Waals surface area contributed by atoms with Gasteiger partial charge in [0.1, 0.15) is 5.75 Å². The van der Waals surface area contributed by atoms with E-state index in [1.54, 1.807) is 31.4 Å². The van der Waals surface area contributed by atoms with Crippen molar-refractivity contribution >= 4 is 11.8 Å². The average Bonchev–Trinajstić information content (AvgIpc) is 2.38. The standard InChI is InChI=1S/C12H15NO4/c1-16-11-4-2-3-9(7-11)13-10(8-14)5-6-17-12(13)15/h2-4,7,10,14H,5-6,8H2,1H3. The zero-order valence-corrected chi connectivity index (χ0v) is 9.63.